The second kappa shape index (κ2) is 3.69. The van der Waals surface area contributed by atoms with Gasteiger partial charge in [-0.1, -0.05) is 0 Å². The molecule has 1 rings (SSSR count). The van der Waals surface area contributed by atoms with E-state index in [4.69, 9.17) is 5.11 Å². The second-order valence-electron chi connectivity index (χ2n) is 2.77. The van der Waals surface area contributed by atoms with Crippen molar-refractivity contribution in [1.82, 2.24) is 0 Å². The number of aliphatic hydroxyl groups is 2. The summed E-state index contributed by atoms with van der Waals surface area (Å²) < 4.78 is 4.43. The number of esters is 1. The SMILES string of the molecule is COC(=O)C1=C[C@@H](O)CCC1O. The molecular formula is C8H12O4. The van der Waals surface area contributed by atoms with Crippen LogP contribution < -0.4 is 0 Å². The first-order valence-electron chi connectivity index (χ1n) is 3.81. The van der Waals surface area contributed by atoms with E-state index in [1.54, 1.807) is 0 Å². The summed E-state index contributed by atoms with van der Waals surface area (Å²) in [7, 11) is 1.25. The Balaban J connectivity index is 2.77. The molecule has 0 spiro atoms. The van der Waals surface area contributed by atoms with Crippen LogP contribution in [0.15, 0.2) is 11.6 Å². The minimum absolute atomic E-state index is 0.163. The van der Waals surface area contributed by atoms with E-state index in [1.165, 1.54) is 13.2 Å². The molecule has 0 amide bonds. The fourth-order valence-corrected chi connectivity index (χ4v) is 1.21. The quantitative estimate of drug-likeness (QED) is 0.528. The average Bonchev–Trinajstić information content (AvgIpc) is 2.08. The first kappa shape index (κ1) is 9.22. The van der Waals surface area contributed by atoms with Crippen molar-refractivity contribution in [2.45, 2.75) is 25.0 Å². The molecule has 2 atom stereocenters. The third kappa shape index (κ3) is 1.84. The number of methoxy groups -OCH3 is 1. The second-order valence-corrected chi connectivity index (χ2v) is 2.77. The van der Waals surface area contributed by atoms with E-state index in [9.17, 15) is 9.90 Å². The molecule has 0 aromatic rings. The van der Waals surface area contributed by atoms with Crippen LogP contribution in [0.3, 0.4) is 0 Å². The van der Waals surface area contributed by atoms with Crippen LogP contribution in [0.4, 0.5) is 0 Å². The monoisotopic (exact) mass is 172 g/mol. The third-order valence-electron chi connectivity index (χ3n) is 1.89. The van der Waals surface area contributed by atoms with Gasteiger partial charge < -0.3 is 14.9 Å². The van der Waals surface area contributed by atoms with Gasteiger partial charge in [-0.05, 0) is 18.9 Å². The lowest BCUT2D eigenvalue weighted by Crippen LogP contribution is -2.26. The summed E-state index contributed by atoms with van der Waals surface area (Å²) in [4.78, 5) is 11.0. The Labute approximate surface area is 70.5 Å². The van der Waals surface area contributed by atoms with E-state index in [0.29, 0.717) is 12.8 Å². The fraction of sp³-hybridized carbons (Fsp3) is 0.625. The summed E-state index contributed by atoms with van der Waals surface area (Å²) in [6, 6.07) is 0. The summed E-state index contributed by atoms with van der Waals surface area (Å²) in [6.07, 6.45) is 0.812. The van der Waals surface area contributed by atoms with Gasteiger partial charge in [0.15, 0.2) is 0 Å². The summed E-state index contributed by atoms with van der Waals surface area (Å²) in [5, 5.41) is 18.5. The van der Waals surface area contributed by atoms with E-state index in [1.807, 2.05) is 0 Å². The maximum Gasteiger partial charge on any atom is 0.336 e. The average molecular weight is 172 g/mol. The molecule has 0 bridgehead atoms. The predicted octanol–water partition coefficient (Wildman–Crippen LogP) is -0.399. The largest absolute Gasteiger partial charge is 0.466 e. The Bertz CT molecular complexity index is 209. The Kier molecular flexibility index (Phi) is 2.83. The highest BCUT2D eigenvalue weighted by Gasteiger charge is 2.25. The Morgan fingerprint density at radius 3 is 2.83 bits per heavy atom. The van der Waals surface area contributed by atoms with Crippen molar-refractivity contribution in [1.29, 1.82) is 0 Å². The van der Waals surface area contributed by atoms with Crippen LogP contribution in [-0.4, -0.2) is 35.5 Å². The van der Waals surface area contributed by atoms with Crippen LogP contribution in [-0.2, 0) is 9.53 Å². The number of carbonyl (C=O) groups excluding carboxylic acids is 1. The van der Waals surface area contributed by atoms with Gasteiger partial charge in [-0.15, -0.1) is 0 Å². The molecule has 68 valence electrons. The molecule has 1 unspecified atom stereocenters. The Morgan fingerprint density at radius 2 is 2.25 bits per heavy atom. The molecule has 0 aliphatic heterocycles. The van der Waals surface area contributed by atoms with Crippen molar-refractivity contribution in [3.63, 3.8) is 0 Å². The maximum atomic E-state index is 11.0. The summed E-state index contributed by atoms with van der Waals surface area (Å²) in [5.74, 6) is -0.568. The van der Waals surface area contributed by atoms with E-state index in [-0.39, 0.29) is 5.57 Å². The lowest BCUT2D eigenvalue weighted by Gasteiger charge is -2.20. The van der Waals surface area contributed by atoms with Gasteiger partial charge in [-0.3, -0.25) is 0 Å². The zero-order chi connectivity index (χ0) is 9.14. The van der Waals surface area contributed by atoms with Gasteiger partial charge in [0.1, 0.15) is 0 Å². The van der Waals surface area contributed by atoms with Crippen LogP contribution in [0.2, 0.25) is 0 Å². The third-order valence-corrected chi connectivity index (χ3v) is 1.89. The normalized spacial score (nSPS) is 29.4. The lowest BCUT2D eigenvalue weighted by molar-refractivity contribution is -0.137. The standard InChI is InChI=1S/C8H12O4/c1-12-8(11)6-4-5(9)2-3-7(6)10/h4-5,7,9-10H,2-3H2,1H3/t5-,7?/m0/s1. The molecule has 12 heavy (non-hydrogen) atoms. The summed E-state index contributed by atoms with van der Waals surface area (Å²) >= 11 is 0. The zero-order valence-corrected chi connectivity index (χ0v) is 6.86. The van der Waals surface area contributed by atoms with Crippen molar-refractivity contribution in [2.24, 2.45) is 0 Å². The van der Waals surface area contributed by atoms with E-state index in [0.717, 1.165) is 0 Å². The number of hydrogen-bond donors (Lipinski definition) is 2. The first-order valence-corrected chi connectivity index (χ1v) is 3.81. The van der Waals surface area contributed by atoms with Crippen LogP contribution >= 0.6 is 0 Å². The van der Waals surface area contributed by atoms with Gasteiger partial charge in [-0.2, -0.15) is 0 Å². The topological polar surface area (TPSA) is 66.8 Å². The minimum Gasteiger partial charge on any atom is -0.466 e. The molecule has 0 aromatic heterocycles. The molecule has 1 aliphatic carbocycles. The van der Waals surface area contributed by atoms with Crippen molar-refractivity contribution in [2.75, 3.05) is 7.11 Å². The fourth-order valence-electron chi connectivity index (χ4n) is 1.21. The van der Waals surface area contributed by atoms with Crippen molar-refractivity contribution >= 4 is 5.97 Å². The molecule has 2 N–H and O–H groups in total. The van der Waals surface area contributed by atoms with Crippen molar-refractivity contribution in [3.8, 4) is 0 Å². The smallest absolute Gasteiger partial charge is 0.336 e. The maximum absolute atomic E-state index is 11.0. The highest BCUT2D eigenvalue weighted by Crippen LogP contribution is 2.19. The molecule has 0 radical (unpaired) electrons. The highest BCUT2D eigenvalue weighted by atomic mass is 16.5. The Hall–Kier alpha value is -0.870. The lowest BCUT2D eigenvalue weighted by atomic mass is 9.95. The zero-order valence-electron chi connectivity index (χ0n) is 6.86. The molecule has 4 nitrogen and oxygen atoms in total. The molecule has 0 fully saturated rings. The molecule has 0 saturated heterocycles. The molecule has 0 aromatic carbocycles. The molecule has 4 heteroatoms. The molecule has 0 saturated carbocycles. The van der Waals surface area contributed by atoms with Crippen LogP contribution in [0, 0.1) is 0 Å². The number of rotatable bonds is 1. The van der Waals surface area contributed by atoms with Gasteiger partial charge in [0.05, 0.1) is 24.9 Å². The van der Waals surface area contributed by atoms with Gasteiger partial charge in [0, 0.05) is 0 Å². The summed E-state index contributed by atoms with van der Waals surface area (Å²) in [5.41, 5.74) is 0.163. The molecule has 1 aliphatic rings. The van der Waals surface area contributed by atoms with E-state index >= 15 is 0 Å². The number of carbonyl (C=O) groups is 1. The van der Waals surface area contributed by atoms with Crippen LogP contribution in [0.25, 0.3) is 0 Å². The molecular weight excluding hydrogens is 160 g/mol. The van der Waals surface area contributed by atoms with E-state index in [2.05, 4.69) is 4.74 Å². The minimum atomic E-state index is -0.791. The first-order chi connectivity index (χ1) is 5.65. The van der Waals surface area contributed by atoms with Crippen LogP contribution in [0.5, 0.6) is 0 Å². The van der Waals surface area contributed by atoms with Crippen molar-refractivity contribution < 1.29 is 19.7 Å². The van der Waals surface area contributed by atoms with Gasteiger partial charge >= 0.3 is 5.97 Å². The van der Waals surface area contributed by atoms with Gasteiger partial charge in [0.25, 0.3) is 0 Å². The van der Waals surface area contributed by atoms with Gasteiger partial charge in [-0.25, -0.2) is 4.79 Å². The van der Waals surface area contributed by atoms with E-state index < -0.39 is 18.2 Å². The van der Waals surface area contributed by atoms with Gasteiger partial charge in [0.2, 0.25) is 0 Å². The molecule has 0 heterocycles. The van der Waals surface area contributed by atoms with Crippen molar-refractivity contribution in [3.05, 3.63) is 11.6 Å². The summed E-state index contributed by atoms with van der Waals surface area (Å²) in [6.45, 7) is 0. The number of ether oxygens (including phenoxy) is 1. The highest BCUT2D eigenvalue weighted by molar-refractivity contribution is 5.89. The Morgan fingerprint density at radius 1 is 1.58 bits per heavy atom. The van der Waals surface area contributed by atoms with Crippen LogP contribution in [0.1, 0.15) is 12.8 Å². The number of aliphatic hydroxyl groups excluding tert-OH is 2. The number of hydrogen-bond acceptors (Lipinski definition) is 4. The predicted molar refractivity (Wildman–Crippen MR) is 41.3 cm³/mol.